The number of nitrogens with zero attached hydrogens (tertiary/aromatic N) is 1. The molecule has 0 spiro atoms. The number of rotatable bonds is 0. The molecule has 0 aliphatic carbocycles. The summed E-state index contributed by atoms with van der Waals surface area (Å²) in [7, 11) is 0. The van der Waals surface area contributed by atoms with Gasteiger partial charge in [0.25, 0.3) is 0 Å². The first-order chi connectivity index (χ1) is 4.20. The van der Waals surface area contributed by atoms with Crippen LogP contribution < -0.4 is 0 Å². The van der Waals surface area contributed by atoms with Crippen molar-refractivity contribution >= 4 is 0 Å². The van der Waals surface area contributed by atoms with Gasteiger partial charge in [-0.2, -0.15) is 0 Å². The van der Waals surface area contributed by atoms with Crippen LogP contribution in [0.25, 0.3) is 0 Å². The molecule has 0 saturated carbocycles. The van der Waals surface area contributed by atoms with E-state index in [0.717, 1.165) is 0 Å². The van der Waals surface area contributed by atoms with Gasteiger partial charge in [-0.25, -0.2) is 0 Å². The predicted molar refractivity (Wildman–Crippen MR) is 24.2 cm³/mol. The molecule has 1 nitrogen and oxygen atoms in total. The van der Waals surface area contributed by atoms with Crippen LogP contribution in [-0.4, -0.2) is 4.98 Å². The highest BCUT2D eigenvalue weighted by Gasteiger charge is 1.58. The highest BCUT2D eigenvalue weighted by molar-refractivity contribution is 4.88. The molecule has 1 rings (SSSR count). The van der Waals surface area contributed by atoms with Crippen molar-refractivity contribution in [2.75, 3.05) is 0 Å². The van der Waals surface area contributed by atoms with Crippen LogP contribution in [0.4, 0.5) is 0 Å². The molecule has 1 aromatic heterocycles. The average molecular weight is 82.1 g/mol. The average Bonchev–Trinajstić information content (AvgIpc) is 1.80. The molecule has 0 N–H and O–H groups in total. The van der Waals surface area contributed by atoms with E-state index in [9.17, 15) is 0 Å². The lowest BCUT2D eigenvalue weighted by molar-refractivity contribution is 1.33. The summed E-state index contributed by atoms with van der Waals surface area (Å²) in [5.74, 6) is 0. The Kier molecular flexibility index (Phi) is 0.346. The molecule has 0 amide bonds. The van der Waals surface area contributed by atoms with Crippen molar-refractivity contribution in [2.24, 2.45) is 0 Å². The topological polar surface area (TPSA) is 12.9 Å². The maximum absolute atomic E-state index is 6.98. The van der Waals surface area contributed by atoms with E-state index in [1.165, 1.54) is 12.1 Å². The molecular weight excluding hydrogens is 74.1 g/mol. The van der Waals surface area contributed by atoms with Crippen LogP contribution >= 0.6 is 0 Å². The second kappa shape index (κ2) is 1.55. The van der Waals surface area contributed by atoms with Crippen molar-refractivity contribution in [1.82, 2.24) is 4.98 Å². The fraction of sp³-hybridized carbons (Fsp3) is 0. The monoisotopic (exact) mass is 82.1 g/mol. The summed E-state index contributed by atoms with van der Waals surface area (Å²) in [6.07, 6.45) is -0.0986. The number of hydrogen-bond acceptors (Lipinski definition) is 1. The molecule has 0 fully saturated rings. The van der Waals surface area contributed by atoms with Gasteiger partial charge in [0.15, 0.2) is 0 Å². The van der Waals surface area contributed by atoms with Gasteiger partial charge < -0.3 is 0 Å². The van der Waals surface area contributed by atoms with Gasteiger partial charge in [0.1, 0.15) is 0 Å². The maximum Gasteiger partial charge on any atom is 0.0840 e. The molecule has 0 bridgehead atoms. The molecule has 1 heteroatoms. The van der Waals surface area contributed by atoms with E-state index in [1.807, 2.05) is 0 Å². The van der Waals surface area contributed by atoms with Crippen molar-refractivity contribution in [3.05, 3.63) is 30.5 Å². The fourth-order valence-electron chi connectivity index (χ4n) is 0.218. The third kappa shape index (κ3) is 0.549. The first-order valence-electron chi connectivity index (χ1n) is 3.11. The highest BCUT2D eigenvalue weighted by atomic mass is 14.6. The van der Waals surface area contributed by atoms with Gasteiger partial charge in [-0.15, -0.1) is 0 Å². The largest absolute Gasteiger partial charge is 0.265 e. The summed E-state index contributed by atoms with van der Waals surface area (Å²) in [5, 5.41) is 0. The molecule has 0 aliphatic heterocycles. The summed E-state index contributed by atoms with van der Waals surface area (Å²) < 4.78 is 20.8. The van der Waals surface area contributed by atoms with Crippen molar-refractivity contribution < 1.29 is 4.11 Å². The minimum Gasteiger partial charge on any atom is -0.265 e. The van der Waals surface area contributed by atoms with Gasteiger partial charge in [-0.1, -0.05) is 6.07 Å². The lowest BCUT2D eigenvalue weighted by atomic mass is 10.5. The van der Waals surface area contributed by atoms with E-state index in [-0.39, 0.29) is 18.4 Å². The quantitative estimate of drug-likeness (QED) is 0.456. The summed E-state index contributed by atoms with van der Waals surface area (Å²) >= 11 is 0. The van der Waals surface area contributed by atoms with E-state index in [1.54, 1.807) is 0 Å². The molecule has 6 heavy (non-hydrogen) atoms. The molecule has 0 unspecified atom stereocenters. The zero-order valence-electron chi connectivity index (χ0n) is 6.10. The van der Waals surface area contributed by atoms with Crippen LogP contribution in [0.3, 0.4) is 0 Å². The standard InChI is InChI=1S/C5H5N/c1-2-4-6-5-3-1/h1-5H/i2D,4D,5D. The second-order valence-corrected chi connectivity index (χ2v) is 0.830. The molecule has 1 heterocycles. The summed E-state index contributed by atoms with van der Waals surface area (Å²) in [6.45, 7) is 0. The Morgan fingerprint density at radius 3 is 3.00 bits per heavy atom. The zero-order valence-corrected chi connectivity index (χ0v) is 3.10. The summed E-state index contributed by atoms with van der Waals surface area (Å²) in [4.78, 5) is 3.42. The Balaban J connectivity index is 3.17. The Labute approximate surface area is 40.9 Å². The predicted octanol–water partition coefficient (Wildman–Crippen LogP) is 1.08. The molecule has 30 valence electrons. The second-order valence-electron chi connectivity index (χ2n) is 0.830. The van der Waals surface area contributed by atoms with Crippen molar-refractivity contribution in [3.8, 4) is 0 Å². The number of hydrogen-bond donors (Lipinski definition) is 0. The Morgan fingerprint density at radius 1 is 1.33 bits per heavy atom. The first kappa shape index (κ1) is 1.34. The summed E-state index contributed by atoms with van der Waals surface area (Å²) in [6, 6.07) is 2.84. The molecule has 0 atom stereocenters. The minimum absolute atomic E-state index is 0.0380. The van der Waals surface area contributed by atoms with E-state index >= 15 is 0 Å². The van der Waals surface area contributed by atoms with E-state index in [2.05, 4.69) is 4.98 Å². The highest BCUT2D eigenvalue weighted by Crippen LogP contribution is 1.73. The zero-order chi connectivity index (χ0) is 6.85. The van der Waals surface area contributed by atoms with Gasteiger partial charge in [0.05, 0.1) is 4.11 Å². The maximum atomic E-state index is 6.98. The number of aromatic nitrogens is 1. The van der Waals surface area contributed by atoms with E-state index < -0.39 is 0 Å². The first-order valence-corrected chi connectivity index (χ1v) is 1.61. The van der Waals surface area contributed by atoms with Crippen LogP contribution in [0.1, 0.15) is 4.11 Å². The van der Waals surface area contributed by atoms with Gasteiger partial charge in [0, 0.05) is 12.3 Å². The van der Waals surface area contributed by atoms with Crippen LogP contribution in [0.2, 0.25) is 0 Å². The Hall–Kier alpha value is -0.850. The van der Waals surface area contributed by atoms with Crippen molar-refractivity contribution in [2.45, 2.75) is 0 Å². The van der Waals surface area contributed by atoms with Crippen LogP contribution in [0.5, 0.6) is 0 Å². The Morgan fingerprint density at radius 2 is 2.33 bits per heavy atom. The molecular formula is C5H5N. The summed E-state index contributed by atoms with van der Waals surface area (Å²) in [5.41, 5.74) is 0. The Bertz CT molecular complexity index is 223. The molecule has 1 aromatic rings. The van der Waals surface area contributed by atoms with Crippen LogP contribution in [0, 0.1) is 0 Å². The third-order valence-corrected chi connectivity index (χ3v) is 0.426. The molecule has 0 radical (unpaired) electrons. The SMILES string of the molecule is [2H]c1ccc([2H])c([2H])n1. The lowest BCUT2D eigenvalue weighted by Gasteiger charge is -1.70. The fourth-order valence-corrected chi connectivity index (χ4v) is 0.218. The van der Waals surface area contributed by atoms with E-state index in [4.69, 9.17) is 4.11 Å². The van der Waals surface area contributed by atoms with E-state index in [0.29, 0.717) is 0 Å². The van der Waals surface area contributed by atoms with Crippen molar-refractivity contribution in [1.29, 1.82) is 0 Å². The third-order valence-electron chi connectivity index (χ3n) is 0.426. The van der Waals surface area contributed by atoms with Crippen LogP contribution in [0.15, 0.2) is 30.5 Å². The lowest BCUT2D eigenvalue weighted by Crippen LogP contribution is -1.58. The molecule has 0 aliphatic rings. The minimum atomic E-state index is -0.137. The van der Waals surface area contributed by atoms with Gasteiger partial charge in [-0.05, 0) is 12.1 Å². The molecule has 0 saturated heterocycles. The van der Waals surface area contributed by atoms with Crippen LogP contribution in [-0.2, 0) is 0 Å². The number of pyridine rings is 1. The van der Waals surface area contributed by atoms with Crippen molar-refractivity contribution in [3.63, 3.8) is 0 Å². The smallest absolute Gasteiger partial charge is 0.0840 e. The van der Waals surface area contributed by atoms with Gasteiger partial charge in [-0.3, -0.25) is 4.98 Å². The normalized spacial score (nSPS) is 15.0. The molecule has 0 aromatic carbocycles. The van der Waals surface area contributed by atoms with Gasteiger partial charge in [0.2, 0.25) is 0 Å². The van der Waals surface area contributed by atoms with Gasteiger partial charge >= 0.3 is 0 Å².